The Morgan fingerprint density at radius 1 is 1.00 bits per heavy atom. The number of pyridine rings is 1. The Morgan fingerprint density at radius 2 is 1.80 bits per heavy atom. The first-order valence-corrected chi connectivity index (χ1v) is 8.08. The molecular weight excluding hydrogens is 315 g/mol. The predicted molar refractivity (Wildman–Crippen MR) is 98.0 cm³/mol. The lowest BCUT2D eigenvalue weighted by molar-refractivity contribution is 0.513. The molecule has 25 heavy (non-hydrogen) atoms. The van der Waals surface area contributed by atoms with E-state index in [0.29, 0.717) is 6.54 Å². The molecule has 3 nitrogen and oxygen atoms in total. The molecule has 0 aliphatic rings. The standard InChI is InChI=1S/C21H17FN2O/c1-24(13-21-20-5-3-2-4-16(20)14-25-21)19-10-17(11-23-12-19)15-6-8-18(22)9-7-15/h2-12,14H,13H2,1H3. The molecule has 0 radical (unpaired) electrons. The third-order valence-corrected chi connectivity index (χ3v) is 4.31. The van der Waals surface area contributed by atoms with E-state index in [2.05, 4.69) is 16.0 Å². The van der Waals surface area contributed by atoms with Crippen molar-refractivity contribution in [1.29, 1.82) is 0 Å². The molecule has 0 unspecified atom stereocenters. The highest BCUT2D eigenvalue weighted by Crippen LogP contribution is 2.26. The first kappa shape index (κ1) is 15.4. The summed E-state index contributed by atoms with van der Waals surface area (Å²) in [6.45, 7) is 0.641. The summed E-state index contributed by atoms with van der Waals surface area (Å²) >= 11 is 0. The van der Waals surface area contributed by atoms with Gasteiger partial charge in [-0.15, -0.1) is 0 Å². The molecule has 2 aromatic heterocycles. The highest BCUT2D eigenvalue weighted by atomic mass is 19.1. The molecule has 4 heteroatoms. The molecule has 0 amide bonds. The summed E-state index contributed by atoms with van der Waals surface area (Å²) in [4.78, 5) is 6.42. The number of furan rings is 1. The van der Waals surface area contributed by atoms with Crippen LogP contribution in [-0.4, -0.2) is 12.0 Å². The van der Waals surface area contributed by atoms with Crippen molar-refractivity contribution >= 4 is 16.5 Å². The first-order chi connectivity index (χ1) is 12.2. The first-order valence-electron chi connectivity index (χ1n) is 8.08. The number of fused-ring (bicyclic) bond motifs is 1. The number of halogens is 1. The van der Waals surface area contributed by atoms with Gasteiger partial charge in [-0.3, -0.25) is 4.98 Å². The maximum Gasteiger partial charge on any atom is 0.130 e. The molecule has 2 heterocycles. The van der Waals surface area contributed by atoms with Gasteiger partial charge in [0.2, 0.25) is 0 Å². The van der Waals surface area contributed by atoms with Gasteiger partial charge in [0.25, 0.3) is 0 Å². The number of nitrogens with zero attached hydrogens (tertiary/aromatic N) is 2. The summed E-state index contributed by atoms with van der Waals surface area (Å²) in [5.41, 5.74) is 2.86. The van der Waals surface area contributed by atoms with Crippen LogP contribution in [-0.2, 0) is 6.54 Å². The van der Waals surface area contributed by atoms with Crippen LogP contribution in [0.1, 0.15) is 5.76 Å². The summed E-state index contributed by atoms with van der Waals surface area (Å²) in [5, 5.41) is 2.22. The second-order valence-corrected chi connectivity index (χ2v) is 6.04. The Morgan fingerprint density at radius 3 is 2.64 bits per heavy atom. The van der Waals surface area contributed by atoms with Crippen LogP contribution in [0.25, 0.3) is 21.9 Å². The molecule has 0 spiro atoms. The Kier molecular flexibility index (Phi) is 3.94. The second-order valence-electron chi connectivity index (χ2n) is 6.04. The van der Waals surface area contributed by atoms with Crippen molar-refractivity contribution in [1.82, 2.24) is 4.98 Å². The number of aromatic nitrogens is 1. The van der Waals surface area contributed by atoms with E-state index in [9.17, 15) is 4.39 Å². The van der Waals surface area contributed by atoms with Crippen molar-refractivity contribution in [2.24, 2.45) is 0 Å². The summed E-state index contributed by atoms with van der Waals surface area (Å²) in [5.74, 6) is 0.681. The topological polar surface area (TPSA) is 29.3 Å². The van der Waals surface area contributed by atoms with Crippen molar-refractivity contribution in [2.45, 2.75) is 6.54 Å². The lowest BCUT2D eigenvalue weighted by atomic mass is 10.1. The van der Waals surface area contributed by atoms with Gasteiger partial charge >= 0.3 is 0 Å². The molecule has 0 bridgehead atoms. The Hall–Kier alpha value is -3.14. The highest BCUT2D eigenvalue weighted by molar-refractivity contribution is 5.84. The number of benzene rings is 2. The Labute approximate surface area is 145 Å². The summed E-state index contributed by atoms with van der Waals surface area (Å²) in [6.07, 6.45) is 5.39. The number of hydrogen-bond acceptors (Lipinski definition) is 3. The van der Waals surface area contributed by atoms with Gasteiger partial charge in [-0.05, 0) is 23.8 Å². The van der Waals surface area contributed by atoms with E-state index in [1.54, 1.807) is 24.6 Å². The highest BCUT2D eigenvalue weighted by Gasteiger charge is 2.10. The van der Waals surface area contributed by atoms with Crippen molar-refractivity contribution in [3.8, 4) is 11.1 Å². The monoisotopic (exact) mass is 332 g/mol. The minimum absolute atomic E-state index is 0.241. The molecule has 0 aliphatic carbocycles. The lowest BCUT2D eigenvalue weighted by Gasteiger charge is -2.18. The third kappa shape index (κ3) is 3.11. The molecule has 0 saturated carbocycles. The van der Waals surface area contributed by atoms with Crippen LogP contribution in [0.15, 0.2) is 77.7 Å². The minimum atomic E-state index is -0.241. The quantitative estimate of drug-likeness (QED) is 0.510. The van der Waals surface area contributed by atoms with Crippen molar-refractivity contribution in [2.75, 3.05) is 11.9 Å². The van der Waals surface area contributed by atoms with Crippen molar-refractivity contribution < 1.29 is 8.81 Å². The van der Waals surface area contributed by atoms with Gasteiger partial charge in [0.1, 0.15) is 11.6 Å². The maximum atomic E-state index is 13.1. The van der Waals surface area contributed by atoms with Gasteiger partial charge in [-0.25, -0.2) is 4.39 Å². The average molecular weight is 332 g/mol. The fourth-order valence-electron chi connectivity index (χ4n) is 2.92. The predicted octanol–water partition coefficient (Wildman–Crippen LogP) is 5.27. The van der Waals surface area contributed by atoms with Gasteiger partial charge in [0, 0.05) is 29.6 Å². The summed E-state index contributed by atoms with van der Waals surface area (Å²) < 4.78 is 18.8. The SMILES string of the molecule is CN(Cc1occ2ccccc12)c1cncc(-c2ccc(F)cc2)c1. The van der Waals surface area contributed by atoms with Gasteiger partial charge < -0.3 is 9.32 Å². The van der Waals surface area contributed by atoms with Gasteiger partial charge in [-0.1, -0.05) is 36.4 Å². The fraction of sp³-hybridized carbons (Fsp3) is 0.0952. The molecule has 2 aromatic carbocycles. The average Bonchev–Trinajstić information content (AvgIpc) is 3.05. The molecule has 0 N–H and O–H groups in total. The Bertz CT molecular complexity index is 1010. The van der Waals surface area contributed by atoms with Crippen LogP contribution in [0.2, 0.25) is 0 Å². The molecule has 0 fully saturated rings. The molecule has 0 atom stereocenters. The second kappa shape index (κ2) is 6.40. The zero-order chi connectivity index (χ0) is 17.2. The molecule has 0 saturated heterocycles. The van der Waals surface area contributed by atoms with E-state index in [1.807, 2.05) is 37.5 Å². The fourth-order valence-corrected chi connectivity index (χ4v) is 2.92. The lowest BCUT2D eigenvalue weighted by Crippen LogP contribution is -2.16. The largest absolute Gasteiger partial charge is 0.466 e. The number of rotatable bonds is 4. The van der Waals surface area contributed by atoms with E-state index in [1.165, 1.54) is 12.1 Å². The third-order valence-electron chi connectivity index (χ3n) is 4.31. The molecular formula is C21H17FN2O. The van der Waals surface area contributed by atoms with Crippen LogP contribution in [0.4, 0.5) is 10.1 Å². The van der Waals surface area contributed by atoms with E-state index < -0.39 is 0 Å². The molecule has 4 rings (SSSR count). The van der Waals surface area contributed by atoms with Crippen molar-refractivity contribution in [3.63, 3.8) is 0 Å². The van der Waals surface area contributed by atoms with E-state index in [0.717, 1.165) is 33.3 Å². The van der Waals surface area contributed by atoms with E-state index >= 15 is 0 Å². The zero-order valence-corrected chi connectivity index (χ0v) is 13.8. The minimum Gasteiger partial charge on any atom is -0.466 e. The van der Waals surface area contributed by atoms with Gasteiger partial charge in [0.15, 0.2) is 0 Å². The number of anilines is 1. The summed E-state index contributed by atoms with van der Waals surface area (Å²) in [7, 11) is 2.00. The van der Waals surface area contributed by atoms with Crippen LogP contribution < -0.4 is 4.90 Å². The van der Waals surface area contributed by atoms with E-state index in [4.69, 9.17) is 4.42 Å². The molecule has 124 valence electrons. The smallest absolute Gasteiger partial charge is 0.130 e. The maximum absolute atomic E-state index is 13.1. The van der Waals surface area contributed by atoms with Gasteiger partial charge in [0.05, 0.1) is 24.7 Å². The number of hydrogen-bond donors (Lipinski definition) is 0. The zero-order valence-electron chi connectivity index (χ0n) is 13.8. The van der Waals surface area contributed by atoms with Crippen LogP contribution in [0, 0.1) is 5.82 Å². The molecule has 4 aromatic rings. The molecule has 0 aliphatic heterocycles. The van der Waals surface area contributed by atoms with Crippen LogP contribution >= 0.6 is 0 Å². The van der Waals surface area contributed by atoms with Crippen molar-refractivity contribution in [3.05, 3.63) is 84.8 Å². The normalized spacial score (nSPS) is 11.0. The van der Waals surface area contributed by atoms with Gasteiger partial charge in [-0.2, -0.15) is 0 Å². The van der Waals surface area contributed by atoms with Crippen LogP contribution in [0.5, 0.6) is 0 Å². The van der Waals surface area contributed by atoms with Crippen LogP contribution in [0.3, 0.4) is 0 Å². The Balaban J connectivity index is 1.61. The van der Waals surface area contributed by atoms with E-state index in [-0.39, 0.29) is 5.82 Å². The summed E-state index contributed by atoms with van der Waals surface area (Å²) in [6, 6.07) is 16.6.